The Hall–Kier alpha value is -4.23. The van der Waals surface area contributed by atoms with Crippen molar-refractivity contribution in [2.45, 2.75) is 63.3 Å². The van der Waals surface area contributed by atoms with Crippen molar-refractivity contribution >= 4 is 17.6 Å². The lowest BCUT2D eigenvalue weighted by Crippen LogP contribution is -2.46. The van der Waals surface area contributed by atoms with Gasteiger partial charge in [0.15, 0.2) is 6.10 Å². The van der Waals surface area contributed by atoms with Gasteiger partial charge in [-0.2, -0.15) is 0 Å². The van der Waals surface area contributed by atoms with Crippen molar-refractivity contribution in [1.29, 1.82) is 0 Å². The molecule has 0 saturated carbocycles. The van der Waals surface area contributed by atoms with Crippen molar-refractivity contribution in [3.05, 3.63) is 95.3 Å². The molecular weight excluding hydrogens is 529 g/mol. The number of aliphatic hydroxyl groups is 2. The summed E-state index contributed by atoms with van der Waals surface area (Å²) in [4.78, 5) is 25.1. The van der Waals surface area contributed by atoms with Crippen molar-refractivity contribution in [3.63, 3.8) is 0 Å². The van der Waals surface area contributed by atoms with E-state index in [1.54, 1.807) is 41.3 Å². The van der Waals surface area contributed by atoms with Crippen LogP contribution in [-0.4, -0.2) is 45.7 Å². The summed E-state index contributed by atoms with van der Waals surface area (Å²) < 4.78 is 23.5. The van der Waals surface area contributed by atoms with E-state index in [4.69, 9.17) is 21.0 Å². The zero-order valence-electron chi connectivity index (χ0n) is 22.5. The molecule has 41 heavy (non-hydrogen) atoms. The maximum Gasteiger partial charge on any atom is 0.333 e. The van der Waals surface area contributed by atoms with E-state index >= 15 is 0 Å². The zero-order valence-corrected chi connectivity index (χ0v) is 22.5. The van der Waals surface area contributed by atoms with Gasteiger partial charge in [0.1, 0.15) is 11.6 Å². The number of carbonyl (C=O) groups is 2. The second kappa shape index (κ2) is 13.4. The third-order valence-corrected chi connectivity index (χ3v) is 6.98. The van der Waals surface area contributed by atoms with Crippen LogP contribution in [0.25, 0.3) is 0 Å². The molecule has 0 aliphatic carbocycles. The smallest absolute Gasteiger partial charge is 0.333 e. The van der Waals surface area contributed by atoms with E-state index in [9.17, 15) is 24.2 Å². The number of hydrogen-bond donors (Lipinski definition) is 3. The van der Waals surface area contributed by atoms with Gasteiger partial charge in [0, 0.05) is 24.1 Å². The first kappa shape index (κ1) is 29.7. The Morgan fingerprint density at radius 1 is 1.10 bits per heavy atom. The molecule has 3 aromatic rings. The fraction of sp³-hybridized carbons (Fsp3) is 0.312. The minimum atomic E-state index is -1.12. The molecule has 0 radical (unpaired) electrons. The minimum Gasteiger partial charge on any atom is -0.479 e. The highest BCUT2D eigenvalue weighted by atomic mass is 19.1. The Labute approximate surface area is 238 Å². The van der Waals surface area contributed by atoms with E-state index in [1.165, 1.54) is 12.1 Å². The molecular formula is C32H32FNO7. The van der Waals surface area contributed by atoms with Gasteiger partial charge in [-0.15, -0.1) is 6.42 Å². The SMILES string of the molecule is C#Cc1ccc(N2C(=O)C[C@H]2c2ccc(O[C@H]3CC(O)C[C@@H](C(=O)O)O3)cc2)cc1.CCC(O)c1ccc(F)cc1. The van der Waals surface area contributed by atoms with Crippen LogP contribution in [0.5, 0.6) is 5.75 Å². The number of rotatable bonds is 7. The molecule has 0 bridgehead atoms. The molecule has 2 unspecified atom stereocenters. The number of terminal acetylenes is 1. The van der Waals surface area contributed by atoms with Gasteiger partial charge < -0.3 is 29.7 Å². The van der Waals surface area contributed by atoms with Gasteiger partial charge in [-0.05, 0) is 66.1 Å². The van der Waals surface area contributed by atoms with Gasteiger partial charge in [0.2, 0.25) is 12.2 Å². The summed E-state index contributed by atoms with van der Waals surface area (Å²) in [7, 11) is 0. The minimum absolute atomic E-state index is 0.0399. The number of amides is 1. The predicted octanol–water partition coefficient (Wildman–Crippen LogP) is 4.74. The quantitative estimate of drug-likeness (QED) is 0.282. The Morgan fingerprint density at radius 3 is 2.32 bits per heavy atom. The van der Waals surface area contributed by atoms with Gasteiger partial charge >= 0.3 is 5.97 Å². The molecule has 5 rings (SSSR count). The summed E-state index contributed by atoms with van der Waals surface area (Å²) in [5.74, 6) is 1.71. The molecule has 2 aliphatic heterocycles. The van der Waals surface area contributed by atoms with Crippen LogP contribution in [0.4, 0.5) is 10.1 Å². The molecule has 2 saturated heterocycles. The molecule has 8 nitrogen and oxygen atoms in total. The lowest BCUT2D eigenvalue weighted by Gasteiger charge is -2.41. The van der Waals surface area contributed by atoms with Crippen LogP contribution in [0.3, 0.4) is 0 Å². The maximum absolute atomic E-state index is 12.4. The maximum atomic E-state index is 12.4. The van der Waals surface area contributed by atoms with E-state index in [0.717, 1.165) is 22.4 Å². The summed E-state index contributed by atoms with van der Waals surface area (Å²) in [5.41, 5.74) is 3.27. The van der Waals surface area contributed by atoms with Gasteiger partial charge in [-0.1, -0.05) is 37.1 Å². The number of anilines is 1. The second-order valence-corrected chi connectivity index (χ2v) is 9.86. The molecule has 214 valence electrons. The second-order valence-electron chi connectivity index (χ2n) is 9.86. The Bertz CT molecular complexity index is 1370. The van der Waals surface area contributed by atoms with Crippen LogP contribution in [0.2, 0.25) is 0 Å². The van der Waals surface area contributed by atoms with Crippen molar-refractivity contribution in [2.24, 2.45) is 0 Å². The molecule has 5 atom stereocenters. The van der Waals surface area contributed by atoms with Gasteiger partial charge in [-0.25, -0.2) is 9.18 Å². The number of aliphatic hydroxyl groups excluding tert-OH is 2. The van der Waals surface area contributed by atoms with Crippen molar-refractivity contribution in [1.82, 2.24) is 0 Å². The topological polar surface area (TPSA) is 117 Å². The first-order chi connectivity index (χ1) is 19.7. The van der Waals surface area contributed by atoms with Gasteiger partial charge in [0.05, 0.1) is 24.7 Å². The van der Waals surface area contributed by atoms with Crippen LogP contribution in [-0.2, 0) is 14.3 Å². The van der Waals surface area contributed by atoms with E-state index in [1.807, 2.05) is 31.2 Å². The number of ether oxygens (including phenoxy) is 2. The fourth-order valence-electron chi connectivity index (χ4n) is 4.66. The van der Waals surface area contributed by atoms with Crippen LogP contribution in [0.15, 0.2) is 72.8 Å². The van der Waals surface area contributed by atoms with E-state index < -0.39 is 30.6 Å². The first-order valence-electron chi connectivity index (χ1n) is 13.3. The number of aliphatic carboxylic acids is 1. The number of carboxylic acid groups (broad SMARTS) is 1. The highest BCUT2D eigenvalue weighted by molar-refractivity contribution is 6.01. The molecule has 2 fully saturated rings. The number of carbonyl (C=O) groups excluding carboxylic acids is 1. The van der Waals surface area contributed by atoms with Crippen LogP contribution in [0.1, 0.15) is 61.4 Å². The van der Waals surface area contributed by atoms with Crippen LogP contribution >= 0.6 is 0 Å². The number of benzene rings is 3. The van der Waals surface area contributed by atoms with E-state index in [2.05, 4.69) is 5.92 Å². The van der Waals surface area contributed by atoms with Crippen molar-refractivity contribution in [3.8, 4) is 18.1 Å². The predicted molar refractivity (Wildman–Crippen MR) is 149 cm³/mol. The van der Waals surface area contributed by atoms with Gasteiger partial charge in [0.25, 0.3) is 0 Å². The van der Waals surface area contributed by atoms with Crippen LogP contribution < -0.4 is 9.64 Å². The fourth-order valence-corrected chi connectivity index (χ4v) is 4.66. The molecule has 3 N–H and O–H groups in total. The highest BCUT2D eigenvalue weighted by Gasteiger charge is 2.38. The molecule has 2 aliphatic rings. The lowest BCUT2D eigenvalue weighted by atomic mass is 9.93. The number of β-lactam (4-membered cyclic amide) rings is 1. The lowest BCUT2D eigenvalue weighted by molar-refractivity contribution is -0.195. The standard InChI is InChI=1S/C23H21NO6.C9H11FO/c1-2-14-3-7-16(8-4-14)24-19(13-21(24)26)15-5-9-18(10-6-15)29-22-12-17(25)11-20(30-22)23(27)28;1-2-9(11)7-3-5-8(10)6-4-7/h1,3-10,17,19-20,22,25H,11-13H2,(H,27,28);3-6,9,11H,2H2,1H3/t17?,19-,20-,22+;/m0./s1. The molecule has 0 spiro atoms. The largest absolute Gasteiger partial charge is 0.479 e. The Kier molecular flexibility index (Phi) is 9.73. The molecule has 9 heteroatoms. The van der Waals surface area contributed by atoms with E-state index in [-0.39, 0.29) is 30.6 Å². The van der Waals surface area contributed by atoms with Crippen LogP contribution in [0, 0.1) is 18.2 Å². The zero-order chi connectivity index (χ0) is 29.5. The number of carboxylic acids is 1. The number of halogens is 1. The molecule has 3 aromatic carbocycles. The first-order valence-corrected chi connectivity index (χ1v) is 13.3. The average molecular weight is 562 g/mol. The summed E-state index contributed by atoms with van der Waals surface area (Å²) >= 11 is 0. The number of nitrogens with zero attached hydrogens (tertiary/aromatic N) is 1. The highest BCUT2D eigenvalue weighted by Crippen LogP contribution is 2.39. The Balaban J connectivity index is 0.000000296. The molecule has 1 amide bonds. The third-order valence-electron chi connectivity index (χ3n) is 6.98. The van der Waals surface area contributed by atoms with E-state index in [0.29, 0.717) is 18.6 Å². The summed E-state index contributed by atoms with van der Waals surface area (Å²) in [5, 5.41) is 28.3. The summed E-state index contributed by atoms with van der Waals surface area (Å²) in [6.07, 6.45) is 3.52. The molecule has 0 aromatic heterocycles. The van der Waals surface area contributed by atoms with Crippen molar-refractivity contribution < 1.29 is 38.8 Å². The normalized spacial score (nSPS) is 22.4. The summed E-state index contributed by atoms with van der Waals surface area (Å²) in [6.45, 7) is 1.88. The average Bonchev–Trinajstić information content (AvgIpc) is 2.97. The monoisotopic (exact) mass is 561 g/mol. The Morgan fingerprint density at radius 2 is 1.76 bits per heavy atom. The van der Waals surface area contributed by atoms with Crippen molar-refractivity contribution in [2.75, 3.05) is 4.90 Å². The molecule has 2 heterocycles. The summed E-state index contributed by atoms with van der Waals surface area (Å²) in [6, 6.07) is 20.3. The van der Waals surface area contributed by atoms with Gasteiger partial charge in [-0.3, -0.25) is 4.79 Å². The number of hydrogen-bond acceptors (Lipinski definition) is 6. The third kappa shape index (κ3) is 7.50.